The van der Waals surface area contributed by atoms with E-state index in [2.05, 4.69) is 5.10 Å². The van der Waals surface area contributed by atoms with Crippen LogP contribution in [0.3, 0.4) is 0 Å². The number of aryl methyl sites for hydroxylation is 1. The van der Waals surface area contributed by atoms with Crippen LogP contribution in [0, 0.1) is 0 Å². The number of alkyl halides is 1. The fourth-order valence-corrected chi connectivity index (χ4v) is 1.65. The van der Waals surface area contributed by atoms with Crippen LogP contribution in [-0.4, -0.2) is 39.8 Å². The van der Waals surface area contributed by atoms with Crippen LogP contribution in [0.1, 0.15) is 16.9 Å². The maximum Gasteiger partial charge on any atom is 0.272 e. The molecule has 0 bridgehead atoms. The van der Waals surface area contributed by atoms with Gasteiger partial charge in [0.2, 0.25) is 0 Å². The number of halogens is 1. The Kier molecular flexibility index (Phi) is 2.23. The highest BCUT2D eigenvalue weighted by Gasteiger charge is 2.27. The van der Waals surface area contributed by atoms with Crippen LogP contribution in [-0.2, 0) is 7.05 Å². The van der Waals surface area contributed by atoms with E-state index >= 15 is 0 Å². The fraction of sp³-hybridized carbons (Fsp3) is 0.556. The summed E-state index contributed by atoms with van der Waals surface area (Å²) in [5.41, 5.74) is 0.513. The Morgan fingerprint density at radius 3 is 3.00 bits per heavy atom. The summed E-state index contributed by atoms with van der Waals surface area (Å²) in [6.45, 7) is 0.717. The summed E-state index contributed by atoms with van der Waals surface area (Å²) in [7, 11) is 1.70. The van der Waals surface area contributed by atoms with Crippen LogP contribution in [0.5, 0.6) is 0 Å². The highest BCUT2D eigenvalue weighted by molar-refractivity contribution is 5.92. The molecule has 0 aromatic carbocycles. The average Bonchev–Trinajstić information content (AvgIpc) is 2.73. The van der Waals surface area contributed by atoms with Crippen molar-refractivity contribution < 1.29 is 9.18 Å². The zero-order valence-corrected chi connectivity index (χ0v) is 7.98. The van der Waals surface area contributed by atoms with E-state index in [4.69, 9.17) is 0 Å². The first-order chi connectivity index (χ1) is 6.68. The molecule has 1 aliphatic heterocycles. The molecule has 2 heterocycles. The number of hydrogen-bond donors (Lipinski definition) is 0. The third-order valence-corrected chi connectivity index (χ3v) is 2.46. The summed E-state index contributed by atoms with van der Waals surface area (Å²) in [4.78, 5) is 13.3. The largest absolute Gasteiger partial charge is 0.334 e. The Morgan fingerprint density at radius 2 is 2.50 bits per heavy atom. The zero-order valence-electron chi connectivity index (χ0n) is 7.98. The van der Waals surface area contributed by atoms with Gasteiger partial charge in [0, 0.05) is 19.8 Å². The summed E-state index contributed by atoms with van der Waals surface area (Å²) in [6.07, 6.45) is 1.15. The lowest BCUT2D eigenvalue weighted by atomic mass is 10.3. The lowest BCUT2D eigenvalue weighted by Gasteiger charge is -2.14. The van der Waals surface area contributed by atoms with E-state index in [0.29, 0.717) is 18.7 Å². The normalized spacial score (nSPS) is 21.6. The Labute approximate surface area is 81.3 Å². The van der Waals surface area contributed by atoms with E-state index in [-0.39, 0.29) is 12.5 Å². The van der Waals surface area contributed by atoms with Crippen LogP contribution in [0.25, 0.3) is 0 Å². The van der Waals surface area contributed by atoms with Crippen molar-refractivity contribution in [1.82, 2.24) is 14.7 Å². The molecule has 1 unspecified atom stereocenters. The van der Waals surface area contributed by atoms with Gasteiger partial charge in [0.15, 0.2) is 0 Å². The number of carbonyl (C=O) groups is 1. The first-order valence-corrected chi connectivity index (χ1v) is 4.60. The summed E-state index contributed by atoms with van der Waals surface area (Å²) in [6, 6.07) is 1.65. The molecule has 76 valence electrons. The first-order valence-electron chi connectivity index (χ1n) is 4.60. The maximum atomic E-state index is 12.9. The molecule has 0 saturated carbocycles. The van der Waals surface area contributed by atoms with E-state index in [9.17, 15) is 9.18 Å². The number of carbonyl (C=O) groups excluding carboxylic acids is 1. The molecule has 14 heavy (non-hydrogen) atoms. The molecular weight excluding hydrogens is 185 g/mol. The minimum Gasteiger partial charge on any atom is -0.334 e. The summed E-state index contributed by atoms with van der Waals surface area (Å²) in [5.74, 6) is -0.134. The smallest absolute Gasteiger partial charge is 0.272 e. The van der Waals surface area contributed by atoms with E-state index in [0.717, 1.165) is 0 Å². The third kappa shape index (κ3) is 1.49. The molecule has 4 nitrogen and oxygen atoms in total. The number of rotatable bonds is 1. The van der Waals surface area contributed by atoms with Crippen LogP contribution < -0.4 is 0 Å². The highest BCUT2D eigenvalue weighted by Crippen LogP contribution is 2.15. The van der Waals surface area contributed by atoms with Crippen molar-refractivity contribution in [1.29, 1.82) is 0 Å². The number of aromatic nitrogens is 2. The first kappa shape index (κ1) is 9.18. The van der Waals surface area contributed by atoms with Gasteiger partial charge in [-0.05, 0) is 12.5 Å². The van der Waals surface area contributed by atoms with Crippen molar-refractivity contribution in [3.63, 3.8) is 0 Å². The second-order valence-corrected chi connectivity index (χ2v) is 3.48. The van der Waals surface area contributed by atoms with Crippen LogP contribution in [0.2, 0.25) is 0 Å². The van der Waals surface area contributed by atoms with Crippen molar-refractivity contribution in [2.45, 2.75) is 12.6 Å². The molecule has 0 aliphatic carbocycles. The molecule has 1 atom stereocenters. The molecule has 1 aliphatic rings. The number of likely N-dealkylation sites (tertiary alicyclic amines) is 1. The Balaban J connectivity index is 2.13. The van der Waals surface area contributed by atoms with Gasteiger partial charge < -0.3 is 4.90 Å². The van der Waals surface area contributed by atoms with Crippen molar-refractivity contribution in [2.75, 3.05) is 13.1 Å². The second-order valence-electron chi connectivity index (χ2n) is 3.48. The Bertz CT molecular complexity index is 350. The van der Waals surface area contributed by atoms with Gasteiger partial charge in [-0.25, -0.2) is 4.39 Å². The standard InChI is InChI=1S/C9H12FN3O/c1-12-8(2-4-11-12)9(14)13-5-3-7(10)6-13/h2,4,7H,3,5-6H2,1H3. The summed E-state index contributed by atoms with van der Waals surface area (Å²) < 4.78 is 14.4. The van der Waals surface area contributed by atoms with Gasteiger partial charge >= 0.3 is 0 Å². The summed E-state index contributed by atoms with van der Waals surface area (Å²) in [5, 5.41) is 3.90. The van der Waals surface area contributed by atoms with Gasteiger partial charge in [-0.2, -0.15) is 5.10 Å². The molecule has 1 aromatic rings. The molecular formula is C9H12FN3O. The van der Waals surface area contributed by atoms with Gasteiger partial charge in [0.25, 0.3) is 5.91 Å². The predicted molar refractivity (Wildman–Crippen MR) is 48.6 cm³/mol. The van der Waals surface area contributed by atoms with Crippen LogP contribution in [0.15, 0.2) is 12.3 Å². The van der Waals surface area contributed by atoms with Gasteiger partial charge in [-0.3, -0.25) is 9.48 Å². The van der Waals surface area contributed by atoms with Crippen molar-refractivity contribution in [3.05, 3.63) is 18.0 Å². The van der Waals surface area contributed by atoms with Gasteiger partial charge in [0.05, 0.1) is 6.54 Å². The van der Waals surface area contributed by atoms with Crippen molar-refractivity contribution in [3.8, 4) is 0 Å². The van der Waals surface area contributed by atoms with E-state index in [1.807, 2.05) is 0 Å². The molecule has 1 fully saturated rings. The molecule has 5 heteroatoms. The second kappa shape index (κ2) is 3.40. The van der Waals surface area contributed by atoms with Crippen LogP contribution >= 0.6 is 0 Å². The molecule has 0 N–H and O–H groups in total. The molecule has 2 rings (SSSR count). The molecule has 0 spiro atoms. The predicted octanol–water partition coefficient (Wildman–Crippen LogP) is 0.604. The molecule has 1 saturated heterocycles. The van der Waals surface area contributed by atoms with Crippen molar-refractivity contribution >= 4 is 5.91 Å². The molecule has 1 amide bonds. The topological polar surface area (TPSA) is 38.1 Å². The fourth-order valence-electron chi connectivity index (χ4n) is 1.65. The average molecular weight is 197 g/mol. The van der Waals surface area contributed by atoms with E-state index in [1.54, 1.807) is 19.3 Å². The monoisotopic (exact) mass is 197 g/mol. The number of hydrogen-bond acceptors (Lipinski definition) is 2. The Hall–Kier alpha value is -1.39. The summed E-state index contributed by atoms with van der Waals surface area (Å²) >= 11 is 0. The highest BCUT2D eigenvalue weighted by atomic mass is 19.1. The zero-order chi connectivity index (χ0) is 10.1. The SMILES string of the molecule is Cn1nccc1C(=O)N1CCC(F)C1. The third-order valence-electron chi connectivity index (χ3n) is 2.46. The maximum absolute atomic E-state index is 12.9. The van der Waals surface area contributed by atoms with Gasteiger partial charge in [-0.15, -0.1) is 0 Å². The van der Waals surface area contributed by atoms with Gasteiger partial charge in [0.1, 0.15) is 11.9 Å². The quantitative estimate of drug-likeness (QED) is 0.661. The van der Waals surface area contributed by atoms with Crippen molar-refractivity contribution in [2.24, 2.45) is 7.05 Å². The number of nitrogens with zero attached hydrogens (tertiary/aromatic N) is 3. The van der Waals surface area contributed by atoms with E-state index in [1.165, 1.54) is 9.58 Å². The van der Waals surface area contributed by atoms with Gasteiger partial charge in [-0.1, -0.05) is 0 Å². The van der Waals surface area contributed by atoms with Crippen LogP contribution in [0.4, 0.5) is 4.39 Å². The molecule has 0 radical (unpaired) electrons. The Morgan fingerprint density at radius 1 is 1.71 bits per heavy atom. The van der Waals surface area contributed by atoms with E-state index < -0.39 is 6.17 Å². The minimum absolute atomic E-state index is 0.134. The lowest BCUT2D eigenvalue weighted by molar-refractivity contribution is 0.0772. The minimum atomic E-state index is -0.868. The molecule has 1 aromatic heterocycles. The number of amides is 1. The lowest BCUT2D eigenvalue weighted by Crippen LogP contribution is -2.30.